The number of aliphatic carboxylic acids is 1. The molecule has 1 aromatic carbocycles. The van der Waals surface area contributed by atoms with Gasteiger partial charge in [-0.25, -0.2) is 4.79 Å². The first kappa shape index (κ1) is 29.3. The number of amides is 3. The fraction of sp³-hybridized carbons (Fsp3) is 0.522. The Hall–Kier alpha value is -3.91. The molecule has 1 fully saturated rings. The predicted octanol–water partition coefficient (Wildman–Crippen LogP) is -2.65. The molecule has 0 radical (unpaired) electrons. The van der Waals surface area contributed by atoms with E-state index in [9.17, 15) is 34.5 Å². The lowest BCUT2D eigenvalue weighted by molar-refractivity contribution is -0.145. The molecule has 14 nitrogen and oxygen atoms in total. The van der Waals surface area contributed by atoms with Crippen molar-refractivity contribution < 1.29 is 34.5 Å². The summed E-state index contributed by atoms with van der Waals surface area (Å²) in [6, 6.07) is 1.39. The molecule has 0 aromatic heterocycles. The van der Waals surface area contributed by atoms with Gasteiger partial charge < -0.3 is 48.1 Å². The number of guanidine groups is 1. The second-order valence-electron chi connectivity index (χ2n) is 8.76. The van der Waals surface area contributed by atoms with E-state index < -0.39 is 54.5 Å². The largest absolute Gasteiger partial charge is 0.508 e. The summed E-state index contributed by atoms with van der Waals surface area (Å²) in [5.74, 6) is -3.30. The minimum Gasteiger partial charge on any atom is -0.508 e. The standard InChI is InChI=1S/C23H35N7O7/c24-15(3-1-9-27-23(25)26)19(33)29-17(12-31)21(35)30-10-2-4-18(30)20(34)28-16(22(36)37)11-13-5-7-14(32)8-6-13/h5-8,15-18,31-32H,1-4,9-12,24H2,(H,28,34)(H,29,33)(H,36,37)(H4,25,26,27). The molecule has 3 amide bonds. The van der Waals surface area contributed by atoms with Crippen LogP contribution in [-0.2, 0) is 25.6 Å². The summed E-state index contributed by atoms with van der Waals surface area (Å²) in [5.41, 5.74) is 16.9. The molecular formula is C23H35N7O7. The smallest absolute Gasteiger partial charge is 0.326 e. The fourth-order valence-corrected chi connectivity index (χ4v) is 3.95. The third-order valence-corrected chi connectivity index (χ3v) is 5.93. The van der Waals surface area contributed by atoms with Crippen LogP contribution in [0, 0.1) is 0 Å². The number of aliphatic hydroxyl groups excluding tert-OH is 1. The summed E-state index contributed by atoms with van der Waals surface area (Å²) in [6.07, 6.45) is 1.41. The Morgan fingerprint density at radius 3 is 2.38 bits per heavy atom. The van der Waals surface area contributed by atoms with Gasteiger partial charge in [-0.15, -0.1) is 0 Å². The van der Waals surface area contributed by atoms with Gasteiger partial charge in [-0.3, -0.25) is 19.4 Å². The van der Waals surface area contributed by atoms with Gasteiger partial charge in [0.25, 0.3) is 0 Å². The number of phenols is 1. The first-order valence-corrected chi connectivity index (χ1v) is 11.9. The number of carboxylic acid groups (broad SMARTS) is 1. The van der Waals surface area contributed by atoms with Crippen LogP contribution in [0.2, 0.25) is 0 Å². The normalized spacial score (nSPS) is 17.4. The summed E-state index contributed by atoms with van der Waals surface area (Å²) >= 11 is 0. The van der Waals surface area contributed by atoms with E-state index in [1.807, 2.05) is 0 Å². The number of benzene rings is 1. The Labute approximate surface area is 213 Å². The fourth-order valence-electron chi connectivity index (χ4n) is 3.95. The van der Waals surface area contributed by atoms with Crippen LogP contribution in [0.5, 0.6) is 5.75 Å². The number of carboxylic acids is 1. The summed E-state index contributed by atoms with van der Waals surface area (Å²) in [5, 5.41) is 33.6. The summed E-state index contributed by atoms with van der Waals surface area (Å²) in [4.78, 5) is 55.2. The van der Waals surface area contributed by atoms with Crippen molar-refractivity contribution in [3.05, 3.63) is 29.8 Å². The Balaban J connectivity index is 1.99. The number of nitrogens with two attached hydrogens (primary N) is 3. The van der Waals surface area contributed by atoms with Gasteiger partial charge in [0.05, 0.1) is 12.6 Å². The van der Waals surface area contributed by atoms with E-state index >= 15 is 0 Å². The van der Waals surface area contributed by atoms with E-state index in [1.54, 1.807) is 12.1 Å². The number of aliphatic imine (C=N–C) groups is 1. The van der Waals surface area contributed by atoms with Crippen LogP contribution < -0.4 is 27.8 Å². The molecule has 2 rings (SSSR count). The molecular weight excluding hydrogens is 486 g/mol. The number of hydrogen-bond acceptors (Lipinski definition) is 8. The molecule has 14 heteroatoms. The molecule has 1 heterocycles. The summed E-state index contributed by atoms with van der Waals surface area (Å²) < 4.78 is 0. The maximum Gasteiger partial charge on any atom is 0.326 e. The number of aromatic hydroxyl groups is 1. The lowest BCUT2D eigenvalue weighted by atomic mass is 10.0. The SMILES string of the molecule is NC(N)=NCCCC(N)C(=O)NC(CO)C(=O)N1CCCC1C(=O)NC(Cc1ccc(O)cc1)C(=O)O. The lowest BCUT2D eigenvalue weighted by Gasteiger charge is -2.29. The van der Waals surface area contributed by atoms with Gasteiger partial charge in [-0.1, -0.05) is 12.1 Å². The highest BCUT2D eigenvalue weighted by Crippen LogP contribution is 2.19. The molecule has 4 unspecified atom stereocenters. The molecule has 1 aliphatic rings. The molecule has 11 N–H and O–H groups in total. The van der Waals surface area contributed by atoms with Crippen LogP contribution in [0.15, 0.2) is 29.3 Å². The van der Waals surface area contributed by atoms with Crippen molar-refractivity contribution in [2.75, 3.05) is 19.7 Å². The van der Waals surface area contributed by atoms with Gasteiger partial charge in [0.2, 0.25) is 17.7 Å². The van der Waals surface area contributed by atoms with Crippen LogP contribution in [-0.4, -0.2) is 93.7 Å². The highest BCUT2D eigenvalue weighted by Gasteiger charge is 2.39. The number of likely N-dealkylation sites (tertiary alicyclic amines) is 1. The highest BCUT2D eigenvalue weighted by atomic mass is 16.4. The van der Waals surface area contributed by atoms with Crippen molar-refractivity contribution in [3.8, 4) is 5.75 Å². The van der Waals surface area contributed by atoms with E-state index in [4.69, 9.17) is 17.2 Å². The molecule has 4 atom stereocenters. The predicted molar refractivity (Wildman–Crippen MR) is 133 cm³/mol. The maximum atomic E-state index is 13.1. The maximum absolute atomic E-state index is 13.1. The van der Waals surface area contributed by atoms with Crippen molar-refractivity contribution in [3.63, 3.8) is 0 Å². The van der Waals surface area contributed by atoms with Crippen LogP contribution in [0.25, 0.3) is 0 Å². The van der Waals surface area contributed by atoms with E-state index in [0.29, 0.717) is 24.8 Å². The Kier molecular flexibility index (Phi) is 11.1. The number of aliphatic hydroxyl groups is 1. The number of nitrogens with one attached hydrogen (secondary N) is 2. The van der Waals surface area contributed by atoms with Crippen molar-refractivity contribution >= 4 is 29.7 Å². The van der Waals surface area contributed by atoms with Gasteiger partial charge in [-0.2, -0.15) is 0 Å². The van der Waals surface area contributed by atoms with Crippen LogP contribution in [0.4, 0.5) is 0 Å². The highest BCUT2D eigenvalue weighted by molar-refractivity contribution is 5.94. The number of rotatable bonds is 13. The van der Waals surface area contributed by atoms with E-state index in [-0.39, 0.29) is 37.6 Å². The van der Waals surface area contributed by atoms with Gasteiger partial charge in [0.1, 0.15) is 23.9 Å². The monoisotopic (exact) mass is 521 g/mol. The molecule has 1 aliphatic heterocycles. The Morgan fingerprint density at radius 2 is 1.78 bits per heavy atom. The van der Waals surface area contributed by atoms with Gasteiger partial charge in [-0.05, 0) is 43.4 Å². The minimum atomic E-state index is -1.32. The zero-order chi connectivity index (χ0) is 27.5. The quantitative estimate of drug-likeness (QED) is 0.0760. The van der Waals surface area contributed by atoms with E-state index in [0.717, 1.165) is 0 Å². The van der Waals surface area contributed by atoms with Gasteiger partial charge >= 0.3 is 5.97 Å². The molecule has 0 saturated carbocycles. The Bertz CT molecular complexity index is 982. The molecule has 1 aromatic rings. The summed E-state index contributed by atoms with van der Waals surface area (Å²) in [7, 11) is 0. The first-order chi connectivity index (χ1) is 17.5. The number of nitrogens with zero attached hydrogens (tertiary/aromatic N) is 2. The molecule has 0 spiro atoms. The number of hydrogen-bond donors (Lipinski definition) is 8. The van der Waals surface area contributed by atoms with Crippen molar-refractivity contribution in [2.24, 2.45) is 22.2 Å². The molecule has 0 bridgehead atoms. The average molecular weight is 522 g/mol. The van der Waals surface area contributed by atoms with E-state index in [1.165, 1.54) is 17.0 Å². The van der Waals surface area contributed by atoms with Gasteiger partial charge in [0.15, 0.2) is 5.96 Å². The Morgan fingerprint density at radius 1 is 1.11 bits per heavy atom. The topological polar surface area (TPSA) is 247 Å². The van der Waals surface area contributed by atoms with E-state index in [2.05, 4.69) is 15.6 Å². The first-order valence-electron chi connectivity index (χ1n) is 11.9. The van der Waals surface area contributed by atoms with Crippen LogP contribution in [0.1, 0.15) is 31.2 Å². The zero-order valence-corrected chi connectivity index (χ0v) is 20.4. The average Bonchev–Trinajstić information content (AvgIpc) is 3.35. The second-order valence-corrected chi connectivity index (χ2v) is 8.76. The molecule has 204 valence electrons. The number of carbonyl (C=O) groups is 4. The molecule has 0 aliphatic carbocycles. The number of carbonyl (C=O) groups excluding carboxylic acids is 3. The summed E-state index contributed by atoms with van der Waals surface area (Å²) in [6.45, 7) is -0.237. The van der Waals surface area contributed by atoms with Crippen LogP contribution in [0.3, 0.4) is 0 Å². The van der Waals surface area contributed by atoms with Crippen molar-refractivity contribution in [2.45, 2.75) is 56.3 Å². The number of phenolic OH excluding ortho intramolecular Hbond substituents is 1. The van der Waals surface area contributed by atoms with Crippen LogP contribution >= 0.6 is 0 Å². The van der Waals surface area contributed by atoms with Crippen molar-refractivity contribution in [1.29, 1.82) is 0 Å². The second kappa shape index (κ2) is 14.0. The lowest BCUT2D eigenvalue weighted by Crippen LogP contribution is -2.58. The molecule has 1 saturated heterocycles. The minimum absolute atomic E-state index is 0.0252. The zero-order valence-electron chi connectivity index (χ0n) is 20.4. The third kappa shape index (κ3) is 8.91. The molecule has 37 heavy (non-hydrogen) atoms. The van der Waals surface area contributed by atoms with Gasteiger partial charge in [0, 0.05) is 19.5 Å². The van der Waals surface area contributed by atoms with Crippen molar-refractivity contribution in [1.82, 2.24) is 15.5 Å². The third-order valence-electron chi connectivity index (χ3n) is 5.93.